The minimum atomic E-state index is -0.441. The second-order valence-corrected chi connectivity index (χ2v) is 16.5. The molecular weight excluding hydrogens is 711 g/mol. The molecule has 9 aromatic carbocycles. The van der Waals surface area contributed by atoms with Crippen LogP contribution < -0.4 is 4.90 Å². The maximum Gasteiger partial charge on any atom is 0.0719 e. The van der Waals surface area contributed by atoms with Crippen molar-refractivity contribution >= 4 is 17.1 Å². The van der Waals surface area contributed by atoms with Crippen molar-refractivity contribution in [3.8, 4) is 44.5 Å². The Kier molecular flexibility index (Phi) is 8.13. The molecule has 0 aromatic heterocycles. The molecule has 2 aliphatic carbocycles. The van der Waals surface area contributed by atoms with Crippen LogP contribution in [0.25, 0.3) is 44.5 Å². The number of para-hydroxylation sites is 1. The van der Waals surface area contributed by atoms with Gasteiger partial charge in [0.15, 0.2) is 0 Å². The number of rotatable bonds is 6. The van der Waals surface area contributed by atoms with Crippen LogP contribution in [0, 0.1) is 0 Å². The first kappa shape index (κ1) is 35.0. The van der Waals surface area contributed by atoms with Crippen LogP contribution >= 0.6 is 0 Å². The molecule has 0 saturated heterocycles. The third-order valence-electron chi connectivity index (χ3n) is 12.9. The number of hydrogen-bond acceptors (Lipinski definition) is 1. The van der Waals surface area contributed by atoms with Crippen molar-refractivity contribution in [2.75, 3.05) is 4.90 Å². The maximum atomic E-state index is 2.46. The Hall–Kier alpha value is -7.22. The molecule has 0 fully saturated rings. The summed E-state index contributed by atoms with van der Waals surface area (Å²) in [6, 6.07) is 82.9. The van der Waals surface area contributed by atoms with E-state index in [1.54, 1.807) is 0 Å². The molecule has 0 unspecified atom stereocenters. The predicted molar refractivity (Wildman–Crippen MR) is 247 cm³/mol. The fraction of sp³-hybridized carbons (Fsp3) is 0.0690. The highest BCUT2D eigenvalue weighted by Gasteiger charge is 2.53. The van der Waals surface area contributed by atoms with Gasteiger partial charge in [-0.2, -0.15) is 0 Å². The lowest BCUT2D eigenvalue weighted by molar-refractivity contribution is 0.563. The summed E-state index contributed by atoms with van der Waals surface area (Å²) in [5, 5.41) is 0. The second-order valence-electron chi connectivity index (χ2n) is 16.5. The third kappa shape index (κ3) is 5.39. The highest BCUT2D eigenvalue weighted by molar-refractivity contribution is 5.94. The van der Waals surface area contributed by atoms with Crippen LogP contribution in [0.2, 0.25) is 0 Å². The Morgan fingerprint density at radius 1 is 0.288 bits per heavy atom. The molecule has 0 heterocycles. The Morgan fingerprint density at radius 3 is 1.42 bits per heavy atom. The summed E-state index contributed by atoms with van der Waals surface area (Å²) in [6.45, 7) is 4.77. The van der Waals surface area contributed by atoms with Crippen molar-refractivity contribution in [3.63, 3.8) is 0 Å². The second kappa shape index (κ2) is 13.7. The van der Waals surface area contributed by atoms with Gasteiger partial charge in [0.25, 0.3) is 0 Å². The minimum absolute atomic E-state index is 0.139. The van der Waals surface area contributed by atoms with Crippen LogP contribution in [-0.4, -0.2) is 0 Å². The first-order chi connectivity index (χ1) is 29.0. The topological polar surface area (TPSA) is 3.24 Å². The van der Waals surface area contributed by atoms with E-state index in [1.807, 2.05) is 0 Å². The standard InChI is InChI=1S/C58H43N/c1-57(2)52-30-12-14-32-54(52)58(55-33-15-13-31-53(55)57)50-29-11-9-28-48(50)49-39-46(35-36-51(49)58)59(56-34-16-10-27-47(56)41-21-7-4-8-22-41)45-26-18-25-44(38-45)43-24-17-23-42(37-43)40-19-5-3-6-20-40/h3-39H,1-2H3. The molecule has 0 bridgehead atoms. The van der Waals surface area contributed by atoms with E-state index in [9.17, 15) is 0 Å². The summed E-state index contributed by atoms with van der Waals surface area (Å²) < 4.78 is 0. The zero-order valence-corrected chi connectivity index (χ0v) is 33.3. The maximum absolute atomic E-state index is 2.46. The lowest BCUT2D eigenvalue weighted by atomic mass is 9.55. The zero-order chi connectivity index (χ0) is 39.6. The van der Waals surface area contributed by atoms with Gasteiger partial charge < -0.3 is 4.90 Å². The van der Waals surface area contributed by atoms with Gasteiger partial charge in [-0.25, -0.2) is 0 Å². The first-order valence-electron chi connectivity index (χ1n) is 20.7. The SMILES string of the molecule is CC1(C)c2ccccc2C2(c3ccccc3-c3cc(N(c4cccc(-c5cccc(-c6ccccc6)c5)c4)c4ccccc4-c4ccccc4)ccc32)c2ccccc21. The Bertz CT molecular complexity index is 2980. The third-order valence-corrected chi connectivity index (χ3v) is 12.9. The van der Waals surface area contributed by atoms with Crippen molar-refractivity contribution in [1.29, 1.82) is 0 Å². The van der Waals surface area contributed by atoms with Gasteiger partial charge in [-0.15, -0.1) is 0 Å². The molecule has 0 radical (unpaired) electrons. The van der Waals surface area contributed by atoms with E-state index < -0.39 is 5.41 Å². The monoisotopic (exact) mass is 753 g/mol. The van der Waals surface area contributed by atoms with Gasteiger partial charge in [-0.1, -0.05) is 202 Å². The van der Waals surface area contributed by atoms with E-state index in [2.05, 4.69) is 243 Å². The largest absolute Gasteiger partial charge is 0.310 e. The fourth-order valence-electron chi connectivity index (χ4n) is 10.3. The fourth-order valence-corrected chi connectivity index (χ4v) is 10.3. The molecule has 0 saturated carbocycles. The number of anilines is 3. The van der Waals surface area contributed by atoms with Gasteiger partial charge in [0, 0.05) is 22.4 Å². The quantitative estimate of drug-likeness (QED) is 0.163. The van der Waals surface area contributed by atoms with Crippen molar-refractivity contribution in [1.82, 2.24) is 0 Å². The molecule has 1 spiro atoms. The first-order valence-corrected chi connectivity index (χ1v) is 20.7. The van der Waals surface area contributed by atoms with E-state index >= 15 is 0 Å². The summed E-state index contributed by atoms with van der Waals surface area (Å²) in [6.07, 6.45) is 0. The summed E-state index contributed by atoms with van der Waals surface area (Å²) in [4.78, 5) is 2.46. The van der Waals surface area contributed by atoms with Crippen LogP contribution in [0.1, 0.15) is 47.2 Å². The average Bonchev–Trinajstić information content (AvgIpc) is 3.60. The highest BCUT2D eigenvalue weighted by atomic mass is 15.1. The van der Waals surface area contributed by atoms with Crippen LogP contribution in [0.4, 0.5) is 17.1 Å². The van der Waals surface area contributed by atoms with E-state index in [-0.39, 0.29) is 5.41 Å². The molecule has 0 amide bonds. The molecule has 0 N–H and O–H groups in total. The lowest BCUT2D eigenvalue weighted by Crippen LogP contribution is -2.40. The summed E-state index contributed by atoms with van der Waals surface area (Å²) in [7, 11) is 0. The number of fused-ring (bicyclic) bond motifs is 9. The molecule has 1 nitrogen and oxygen atoms in total. The number of benzene rings is 9. The molecule has 0 aliphatic heterocycles. The number of nitrogens with zero attached hydrogens (tertiary/aromatic N) is 1. The molecule has 9 aromatic rings. The van der Waals surface area contributed by atoms with E-state index in [0.29, 0.717) is 0 Å². The summed E-state index contributed by atoms with van der Waals surface area (Å²) in [5.41, 5.74) is 20.7. The smallest absolute Gasteiger partial charge is 0.0719 e. The van der Waals surface area contributed by atoms with Gasteiger partial charge >= 0.3 is 0 Å². The van der Waals surface area contributed by atoms with Crippen LogP contribution in [0.15, 0.2) is 224 Å². The Labute approximate surface area is 347 Å². The predicted octanol–water partition coefficient (Wildman–Crippen LogP) is 15.2. The summed E-state index contributed by atoms with van der Waals surface area (Å²) in [5.74, 6) is 0. The van der Waals surface area contributed by atoms with Crippen molar-refractivity contribution < 1.29 is 0 Å². The van der Waals surface area contributed by atoms with E-state index in [4.69, 9.17) is 0 Å². The van der Waals surface area contributed by atoms with Gasteiger partial charge in [0.2, 0.25) is 0 Å². The number of hydrogen-bond donors (Lipinski definition) is 0. The van der Waals surface area contributed by atoms with Crippen molar-refractivity contribution in [2.24, 2.45) is 0 Å². The Morgan fingerprint density at radius 2 is 0.746 bits per heavy atom. The summed E-state index contributed by atoms with van der Waals surface area (Å²) >= 11 is 0. The van der Waals surface area contributed by atoms with Gasteiger partial charge in [0.05, 0.1) is 11.1 Å². The molecule has 59 heavy (non-hydrogen) atoms. The normalized spacial score (nSPS) is 13.9. The van der Waals surface area contributed by atoms with Crippen molar-refractivity contribution in [3.05, 3.63) is 258 Å². The van der Waals surface area contributed by atoms with Crippen LogP contribution in [-0.2, 0) is 10.8 Å². The van der Waals surface area contributed by atoms with Crippen LogP contribution in [0.5, 0.6) is 0 Å². The van der Waals surface area contributed by atoms with Crippen LogP contribution in [0.3, 0.4) is 0 Å². The Balaban J connectivity index is 1.14. The molecule has 280 valence electrons. The van der Waals surface area contributed by atoms with Gasteiger partial charge in [-0.05, 0) is 109 Å². The van der Waals surface area contributed by atoms with E-state index in [0.717, 1.165) is 17.1 Å². The van der Waals surface area contributed by atoms with E-state index in [1.165, 1.54) is 77.9 Å². The van der Waals surface area contributed by atoms with Crippen molar-refractivity contribution in [2.45, 2.75) is 24.7 Å². The van der Waals surface area contributed by atoms with Gasteiger partial charge in [0.1, 0.15) is 0 Å². The molecule has 11 rings (SSSR count). The van der Waals surface area contributed by atoms with Gasteiger partial charge in [-0.3, -0.25) is 0 Å². The lowest BCUT2D eigenvalue weighted by Gasteiger charge is -2.46. The highest BCUT2D eigenvalue weighted by Crippen LogP contribution is 2.62. The average molecular weight is 754 g/mol. The molecule has 2 aliphatic rings. The zero-order valence-electron chi connectivity index (χ0n) is 33.3. The molecule has 1 heteroatoms. The molecular formula is C58H43N. The minimum Gasteiger partial charge on any atom is -0.310 e. The molecule has 0 atom stereocenters.